The zero-order valence-corrected chi connectivity index (χ0v) is 14.1. The molecule has 0 aromatic heterocycles. The Morgan fingerprint density at radius 3 is 2.70 bits per heavy atom. The predicted octanol–water partition coefficient (Wildman–Crippen LogP) is 2.78. The number of hydrogen-bond donors (Lipinski definition) is 1. The number of nitro groups is 1. The molecule has 1 rings (SSSR count). The van der Waals surface area contributed by atoms with Crippen LogP contribution in [0.5, 0.6) is 0 Å². The van der Waals surface area contributed by atoms with Crippen molar-refractivity contribution in [2.45, 2.75) is 17.7 Å². The molecule has 0 bridgehead atoms. The molecule has 112 valence electrons. The van der Waals surface area contributed by atoms with E-state index in [-0.39, 0.29) is 11.4 Å². The number of nitrogens with zero attached hydrogens (tertiary/aromatic N) is 1. The second-order valence-corrected chi connectivity index (χ2v) is 7.60. The molecule has 9 heteroatoms. The Kier molecular flexibility index (Phi) is 6.93. The van der Waals surface area contributed by atoms with Crippen LogP contribution in [0.3, 0.4) is 0 Å². The number of rotatable bonds is 8. The third-order valence-corrected chi connectivity index (χ3v) is 5.16. The summed E-state index contributed by atoms with van der Waals surface area (Å²) in [5.74, 6) is 0.957. The molecule has 0 spiro atoms. The molecule has 1 N–H and O–H groups in total. The van der Waals surface area contributed by atoms with E-state index in [0.29, 0.717) is 10.9 Å². The van der Waals surface area contributed by atoms with Crippen LogP contribution in [0.15, 0.2) is 27.6 Å². The van der Waals surface area contributed by atoms with E-state index in [1.807, 2.05) is 6.26 Å². The monoisotopic (exact) mass is 382 g/mol. The first-order valence-electron chi connectivity index (χ1n) is 5.81. The topological polar surface area (TPSA) is 89.3 Å². The van der Waals surface area contributed by atoms with Crippen LogP contribution in [0, 0.1) is 10.1 Å². The van der Waals surface area contributed by atoms with Crippen LogP contribution < -0.4 is 4.72 Å². The average Bonchev–Trinajstić information content (AvgIpc) is 2.38. The average molecular weight is 383 g/mol. The van der Waals surface area contributed by atoms with Gasteiger partial charge in [-0.1, -0.05) is 15.9 Å². The lowest BCUT2D eigenvalue weighted by Gasteiger charge is -2.07. The minimum atomic E-state index is -3.87. The molecule has 0 fully saturated rings. The summed E-state index contributed by atoms with van der Waals surface area (Å²) < 4.78 is 27.1. The molecule has 0 radical (unpaired) electrons. The number of nitro benzene ring substituents is 1. The Morgan fingerprint density at radius 2 is 2.10 bits per heavy atom. The second-order valence-electron chi connectivity index (χ2n) is 3.97. The van der Waals surface area contributed by atoms with E-state index < -0.39 is 20.6 Å². The van der Waals surface area contributed by atoms with E-state index in [0.717, 1.165) is 12.2 Å². The molecule has 0 saturated heterocycles. The van der Waals surface area contributed by atoms with Crippen molar-refractivity contribution in [1.82, 2.24) is 4.72 Å². The third kappa shape index (κ3) is 5.04. The van der Waals surface area contributed by atoms with Crippen LogP contribution in [0.25, 0.3) is 0 Å². The Bertz CT molecular complexity index is 578. The van der Waals surface area contributed by atoms with Crippen molar-refractivity contribution in [3.8, 4) is 0 Å². The van der Waals surface area contributed by atoms with E-state index >= 15 is 0 Å². The van der Waals surface area contributed by atoms with Gasteiger partial charge in [0.25, 0.3) is 5.69 Å². The molecule has 0 saturated carbocycles. The van der Waals surface area contributed by atoms with Gasteiger partial charge in [-0.25, -0.2) is 13.1 Å². The normalized spacial score (nSPS) is 11.5. The van der Waals surface area contributed by atoms with Gasteiger partial charge in [0, 0.05) is 17.1 Å². The molecule has 1 aromatic carbocycles. The summed E-state index contributed by atoms with van der Waals surface area (Å²) in [4.78, 5) is 9.87. The van der Waals surface area contributed by atoms with Gasteiger partial charge >= 0.3 is 0 Å². The summed E-state index contributed by atoms with van der Waals surface area (Å²) >= 11 is 4.81. The third-order valence-electron chi connectivity index (χ3n) is 2.48. The summed E-state index contributed by atoms with van der Waals surface area (Å²) in [6.45, 7) is 0.270. The number of unbranched alkanes of at least 4 members (excludes halogenated alkanes) is 1. The van der Waals surface area contributed by atoms with Crippen LogP contribution in [0.1, 0.15) is 12.8 Å². The molecule has 0 amide bonds. The van der Waals surface area contributed by atoms with E-state index in [4.69, 9.17) is 0 Å². The molecule has 0 heterocycles. The predicted molar refractivity (Wildman–Crippen MR) is 83.6 cm³/mol. The number of thioether (sulfide) groups is 1. The molecule has 0 aliphatic heterocycles. The van der Waals surface area contributed by atoms with Crippen LogP contribution in [0.2, 0.25) is 0 Å². The van der Waals surface area contributed by atoms with E-state index in [9.17, 15) is 18.5 Å². The van der Waals surface area contributed by atoms with Gasteiger partial charge in [0.05, 0.1) is 4.92 Å². The SMILES string of the molecule is CSCCCCNS(=O)(=O)c1cc(Br)ccc1[N+](=O)[O-]. The molecule has 0 aliphatic carbocycles. The summed E-state index contributed by atoms with van der Waals surface area (Å²) in [5, 5.41) is 10.9. The minimum Gasteiger partial charge on any atom is -0.258 e. The van der Waals surface area contributed by atoms with Crippen molar-refractivity contribution in [2.24, 2.45) is 0 Å². The van der Waals surface area contributed by atoms with Crippen LogP contribution in [-0.2, 0) is 10.0 Å². The highest BCUT2D eigenvalue weighted by Crippen LogP contribution is 2.27. The van der Waals surface area contributed by atoms with Gasteiger partial charge in [0.2, 0.25) is 10.0 Å². The lowest BCUT2D eigenvalue weighted by molar-refractivity contribution is -0.387. The van der Waals surface area contributed by atoms with E-state index in [1.54, 1.807) is 11.8 Å². The molecule has 20 heavy (non-hydrogen) atoms. The number of halogens is 1. The lowest BCUT2D eigenvalue weighted by Crippen LogP contribution is -2.25. The summed E-state index contributed by atoms with van der Waals surface area (Å²) in [7, 11) is -3.87. The van der Waals surface area contributed by atoms with Crippen molar-refractivity contribution in [3.63, 3.8) is 0 Å². The lowest BCUT2D eigenvalue weighted by atomic mass is 10.3. The van der Waals surface area contributed by atoms with E-state index in [2.05, 4.69) is 20.7 Å². The Balaban J connectivity index is 2.86. The zero-order chi connectivity index (χ0) is 15.2. The fraction of sp³-hybridized carbons (Fsp3) is 0.455. The quantitative estimate of drug-likeness (QED) is 0.424. The van der Waals surface area contributed by atoms with Crippen molar-refractivity contribution in [2.75, 3.05) is 18.6 Å². The minimum absolute atomic E-state index is 0.270. The van der Waals surface area contributed by atoms with Crippen LogP contribution in [-0.4, -0.2) is 31.9 Å². The van der Waals surface area contributed by atoms with E-state index in [1.165, 1.54) is 18.2 Å². The van der Waals surface area contributed by atoms with Gasteiger partial charge in [-0.2, -0.15) is 11.8 Å². The van der Waals surface area contributed by atoms with Crippen molar-refractivity contribution in [1.29, 1.82) is 0 Å². The standard InChI is InChI=1S/C11H15BrN2O4S2/c1-19-7-3-2-6-13-20(17,18)11-8-9(12)4-5-10(11)14(15)16/h4-5,8,13H,2-3,6-7H2,1H3. The van der Waals surface area contributed by atoms with Crippen LogP contribution >= 0.6 is 27.7 Å². The first-order valence-corrected chi connectivity index (χ1v) is 9.48. The number of nitrogens with one attached hydrogen (secondary N) is 1. The van der Waals surface area contributed by atoms with Crippen molar-refractivity contribution < 1.29 is 13.3 Å². The number of benzene rings is 1. The number of hydrogen-bond acceptors (Lipinski definition) is 5. The molecular formula is C11H15BrN2O4S2. The van der Waals surface area contributed by atoms with Crippen molar-refractivity contribution >= 4 is 43.4 Å². The fourth-order valence-electron chi connectivity index (χ4n) is 1.51. The molecule has 0 unspecified atom stereocenters. The van der Waals surface area contributed by atoms with Gasteiger partial charge in [-0.15, -0.1) is 0 Å². The maximum atomic E-state index is 12.1. The molecule has 0 aliphatic rings. The first kappa shape index (κ1) is 17.4. The van der Waals surface area contributed by atoms with Gasteiger partial charge in [-0.05, 0) is 37.0 Å². The molecule has 6 nitrogen and oxygen atoms in total. The Labute approximate surface area is 130 Å². The summed E-state index contributed by atoms with van der Waals surface area (Å²) in [6, 6.07) is 3.85. The van der Waals surface area contributed by atoms with Crippen LogP contribution in [0.4, 0.5) is 5.69 Å². The highest BCUT2D eigenvalue weighted by molar-refractivity contribution is 9.10. The first-order chi connectivity index (χ1) is 9.38. The zero-order valence-electron chi connectivity index (χ0n) is 10.8. The fourth-order valence-corrected chi connectivity index (χ4v) is 3.78. The highest BCUT2D eigenvalue weighted by atomic mass is 79.9. The largest absolute Gasteiger partial charge is 0.289 e. The van der Waals surface area contributed by atoms with Gasteiger partial charge in [-0.3, -0.25) is 10.1 Å². The van der Waals surface area contributed by atoms with Gasteiger partial charge < -0.3 is 0 Å². The molecular weight excluding hydrogens is 368 g/mol. The highest BCUT2D eigenvalue weighted by Gasteiger charge is 2.25. The smallest absolute Gasteiger partial charge is 0.258 e. The second kappa shape index (κ2) is 7.96. The Morgan fingerprint density at radius 1 is 1.40 bits per heavy atom. The Hall–Kier alpha value is -0.640. The molecule has 0 atom stereocenters. The maximum Gasteiger partial charge on any atom is 0.289 e. The van der Waals surface area contributed by atoms with Crippen molar-refractivity contribution in [3.05, 3.63) is 32.8 Å². The summed E-state index contributed by atoms with van der Waals surface area (Å²) in [6.07, 6.45) is 3.57. The number of sulfonamides is 1. The summed E-state index contributed by atoms with van der Waals surface area (Å²) in [5.41, 5.74) is -0.426. The maximum absolute atomic E-state index is 12.1. The van der Waals surface area contributed by atoms with Gasteiger partial charge in [0.1, 0.15) is 0 Å². The molecule has 1 aromatic rings. The van der Waals surface area contributed by atoms with Gasteiger partial charge in [0.15, 0.2) is 4.90 Å².